The molecule has 8 unspecified atom stereocenters. The second kappa shape index (κ2) is 8.94. The van der Waals surface area contributed by atoms with Crippen LogP contribution in [0.1, 0.15) is 125 Å². The highest BCUT2D eigenvalue weighted by atomic mass is 14.6. The van der Waals surface area contributed by atoms with Crippen LogP contribution in [0.15, 0.2) is 11.6 Å². The van der Waals surface area contributed by atoms with Crippen molar-refractivity contribution in [2.24, 2.45) is 52.3 Å². The molecule has 0 aromatic carbocycles. The van der Waals surface area contributed by atoms with E-state index in [0.717, 1.165) is 41.4 Å². The molecule has 3 fully saturated rings. The summed E-state index contributed by atoms with van der Waals surface area (Å²) in [6.07, 6.45) is 22.0. The molecule has 0 radical (unpaired) electrons. The third kappa shape index (κ3) is 4.20. The van der Waals surface area contributed by atoms with Crippen LogP contribution in [-0.4, -0.2) is 0 Å². The van der Waals surface area contributed by atoms with E-state index in [4.69, 9.17) is 0 Å². The molecule has 172 valence electrons. The Morgan fingerprint density at radius 3 is 2.53 bits per heavy atom. The minimum absolute atomic E-state index is 0.545. The lowest BCUT2D eigenvalue weighted by Gasteiger charge is -2.53. The zero-order valence-corrected chi connectivity index (χ0v) is 21.3. The van der Waals surface area contributed by atoms with Crippen LogP contribution in [0, 0.1) is 52.3 Å². The van der Waals surface area contributed by atoms with Crippen molar-refractivity contribution < 1.29 is 0 Å². The maximum atomic E-state index is 2.77. The Morgan fingerprint density at radius 1 is 0.967 bits per heavy atom. The van der Waals surface area contributed by atoms with Gasteiger partial charge in [-0.2, -0.15) is 0 Å². The molecule has 0 aromatic rings. The van der Waals surface area contributed by atoms with Crippen molar-refractivity contribution >= 4 is 0 Å². The van der Waals surface area contributed by atoms with Crippen LogP contribution in [0.5, 0.6) is 0 Å². The van der Waals surface area contributed by atoms with E-state index in [1.165, 1.54) is 83.5 Å². The first-order valence-corrected chi connectivity index (χ1v) is 13.9. The first-order chi connectivity index (χ1) is 14.2. The van der Waals surface area contributed by atoms with Crippen molar-refractivity contribution in [1.29, 1.82) is 0 Å². The topological polar surface area (TPSA) is 0 Å². The van der Waals surface area contributed by atoms with Crippen molar-refractivity contribution in [3.8, 4) is 0 Å². The second-order valence-electron chi connectivity index (χ2n) is 13.4. The van der Waals surface area contributed by atoms with E-state index < -0.39 is 0 Å². The van der Waals surface area contributed by atoms with Gasteiger partial charge in [0.1, 0.15) is 0 Å². The van der Waals surface area contributed by atoms with Gasteiger partial charge in [-0.1, -0.05) is 78.9 Å². The third-order valence-corrected chi connectivity index (χ3v) is 10.9. The van der Waals surface area contributed by atoms with Gasteiger partial charge in [0.2, 0.25) is 0 Å². The van der Waals surface area contributed by atoms with Gasteiger partial charge in [0.05, 0.1) is 0 Å². The van der Waals surface area contributed by atoms with Gasteiger partial charge in [-0.05, 0) is 110 Å². The molecule has 0 heteroatoms. The molecule has 0 nitrogen and oxygen atoms in total. The summed E-state index contributed by atoms with van der Waals surface area (Å²) < 4.78 is 0. The zero-order valence-electron chi connectivity index (χ0n) is 21.3. The highest BCUT2D eigenvalue weighted by Crippen LogP contribution is 2.65. The molecule has 0 saturated heterocycles. The van der Waals surface area contributed by atoms with E-state index in [2.05, 4.69) is 47.6 Å². The first-order valence-electron chi connectivity index (χ1n) is 13.9. The summed E-state index contributed by atoms with van der Waals surface area (Å²) in [4.78, 5) is 0. The van der Waals surface area contributed by atoms with Gasteiger partial charge in [-0.15, -0.1) is 0 Å². The quantitative estimate of drug-likeness (QED) is 0.381. The van der Waals surface area contributed by atoms with Gasteiger partial charge in [0.15, 0.2) is 0 Å². The molecule has 0 heterocycles. The molecular formula is C30H52. The Hall–Kier alpha value is -0.260. The minimum Gasteiger partial charge on any atom is -0.0845 e. The molecule has 4 aliphatic carbocycles. The average molecular weight is 413 g/mol. The molecule has 0 amide bonds. The maximum absolute atomic E-state index is 2.77. The highest BCUT2D eigenvalue weighted by Gasteiger charge is 2.56. The average Bonchev–Trinajstić information content (AvgIpc) is 2.90. The van der Waals surface area contributed by atoms with Crippen LogP contribution < -0.4 is 0 Å². The number of allylic oxidation sites excluding steroid dienone is 2. The maximum Gasteiger partial charge on any atom is -0.00851 e. The Kier molecular flexibility index (Phi) is 6.83. The lowest BCUT2D eigenvalue weighted by Crippen LogP contribution is -2.44. The molecule has 0 N–H and O–H groups in total. The van der Waals surface area contributed by atoms with E-state index in [0.29, 0.717) is 10.8 Å². The normalized spacial score (nSPS) is 44.6. The first kappa shape index (κ1) is 22.9. The van der Waals surface area contributed by atoms with Crippen LogP contribution in [0.2, 0.25) is 0 Å². The molecule has 0 aromatic heterocycles. The van der Waals surface area contributed by atoms with Gasteiger partial charge in [-0.25, -0.2) is 0 Å². The van der Waals surface area contributed by atoms with Gasteiger partial charge < -0.3 is 0 Å². The smallest absolute Gasteiger partial charge is 0.00851 e. The number of hydrogen-bond acceptors (Lipinski definition) is 0. The van der Waals surface area contributed by atoms with E-state index in [-0.39, 0.29) is 0 Å². The number of rotatable bonds is 6. The van der Waals surface area contributed by atoms with Crippen molar-refractivity contribution in [3.05, 3.63) is 11.6 Å². The monoisotopic (exact) mass is 412 g/mol. The summed E-state index contributed by atoms with van der Waals surface area (Å²) in [7, 11) is 0. The Morgan fingerprint density at radius 2 is 1.77 bits per heavy atom. The van der Waals surface area contributed by atoms with Crippen molar-refractivity contribution in [1.82, 2.24) is 0 Å². The zero-order chi connectivity index (χ0) is 21.5. The number of fused-ring (bicyclic) bond motifs is 5. The highest BCUT2D eigenvalue weighted by molar-refractivity contribution is 5.24. The van der Waals surface area contributed by atoms with Crippen molar-refractivity contribution in [2.45, 2.75) is 125 Å². The van der Waals surface area contributed by atoms with Crippen LogP contribution in [0.4, 0.5) is 0 Å². The molecular weight excluding hydrogens is 360 g/mol. The van der Waals surface area contributed by atoms with Gasteiger partial charge in [0.25, 0.3) is 0 Å². The third-order valence-electron chi connectivity index (χ3n) is 10.9. The SMILES string of the molecule is CC(C)CCCC(C)CC1CCC2C3CC=C4CC(C)CCC4(C)C3CCCC12C. The lowest BCUT2D eigenvalue weighted by molar-refractivity contribution is 0.0274. The summed E-state index contributed by atoms with van der Waals surface area (Å²) in [5, 5.41) is 0. The van der Waals surface area contributed by atoms with Gasteiger partial charge >= 0.3 is 0 Å². The molecule has 30 heavy (non-hydrogen) atoms. The van der Waals surface area contributed by atoms with Crippen LogP contribution in [0.25, 0.3) is 0 Å². The van der Waals surface area contributed by atoms with Crippen LogP contribution >= 0.6 is 0 Å². The molecule has 0 bridgehead atoms. The lowest BCUT2D eigenvalue weighted by atomic mass is 9.52. The van der Waals surface area contributed by atoms with Gasteiger partial charge in [-0.3, -0.25) is 0 Å². The summed E-state index contributed by atoms with van der Waals surface area (Å²) in [6.45, 7) is 15.3. The summed E-state index contributed by atoms with van der Waals surface area (Å²) >= 11 is 0. The number of hydrogen-bond donors (Lipinski definition) is 0. The fourth-order valence-corrected chi connectivity index (χ4v) is 9.05. The predicted molar refractivity (Wildman–Crippen MR) is 131 cm³/mol. The molecule has 0 spiro atoms. The van der Waals surface area contributed by atoms with E-state index in [1.807, 2.05) is 5.57 Å². The van der Waals surface area contributed by atoms with Crippen LogP contribution in [0.3, 0.4) is 0 Å². The van der Waals surface area contributed by atoms with Crippen molar-refractivity contribution in [3.63, 3.8) is 0 Å². The standard InChI is InChI=1S/C30H52/c1-21(2)9-7-10-22(3)19-25-13-15-28-26-14-12-24-20-23(4)16-18-30(24,6)27(26)11-8-17-29(25,28)5/h12,21-23,25-28H,7-11,13-20H2,1-6H3. The summed E-state index contributed by atoms with van der Waals surface area (Å²) in [5.41, 5.74) is 3.05. The summed E-state index contributed by atoms with van der Waals surface area (Å²) in [6, 6.07) is 0. The molecule has 4 rings (SSSR count). The molecule has 8 atom stereocenters. The predicted octanol–water partition coefficient (Wildman–Crippen LogP) is 9.44. The van der Waals surface area contributed by atoms with Crippen molar-refractivity contribution in [2.75, 3.05) is 0 Å². The molecule has 0 aliphatic heterocycles. The second-order valence-corrected chi connectivity index (χ2v) is 13.4. The fraction of sp³-hybridized carbons (Fsp3) is 0.933. The Balaban J connectivity index is 1.47. The largest absolute Gasteiger partial charge is 0.0845 e. The van der Waals surface area contributed by atoms with E-state index in [9.17, 15) is 0 Å². The Labute approximate surface area is 189 Å². The molecule has 3 saturated carbocycles. The fourth-order valence-electron chi connectivity index (χ4n) is 9.05. The van der Waals surface area contributed by atoms with E-state index in [1.54, 1.807) is 0 Å². The molecule has 4 aliphatic rings. The van der Waals surface area contributed by atoms with E-state index >= 15 is 0 Å². The minimum atomic E-state index is 0.545. The van der Waals surface area contributed by atoms with Gasteiger partial charge in [0, 0.05) is 0 Å². The summed E-state index contributed by atoms with van der Waals surface area (Å²) in [5.74, 6) is 6.70. The van der Waals surface area contributed by atoms with Crippen LogP contribution in [-0.2, 0) is 0 Å². The Bertz CT molecular complexity index is 614.